The van der Waals surface area contributed by atoms with Crippen LogP contribution in [-0.4, -0.2) is 61.1 Å². The lowest BCUT2D eigenvalue weighted by Crippen LogP contribution is -2.50. The summed E-state index contributed by atoms with van der Waals surface area (Å²) in [5.74, 6) is 1.89. The molecule has 1 aliphatic rings. The van der Waals surface area contributed by atoms with Crippen LogP contribution in [0.1, 0.15) is 170 Å². The molecule has 1 heterocycles. The zero-order valence-electron chi connectivity index (χ0n) is 48.8. The summed E-state index contributed by atoms with van der Waals surface area (Å²) in [6, 6.07) is 11.1. The van der Waals surface area contributed by atoms with Crippen molar-refractivity contribution in [3.63, 3.8) is 0 Å². The third kappa shape index (κ3) is 15.3. The zero-order chi connectivity index (χ0) is 53.2. The molecule has 0 aliphatic carbocycles. The molecule has 2 aromatic carbocycles. The average Bonchev–Trinajstić information content (AvgIpc) is 3.19. The first-order valence-corrected chi connectivity index (χ1v) is 35.1. The van der Waals surface area contributed by atoms with Crippen molar-refractivity contribution in [3.8, 4) is 11.5 Å². The quantitative estimate of drug-likeness (QED) is 0.0700. The number of rotatable bonds is 21. The maximum absolute atomic E-state index is 14.3. The van der Waals surface area contributed by atoms with Gasteiger partial charge in [-0.25, -0.2) is 4.79 Å². The van der Waals surface area contributed by atoms with Crippen molar-refractivity contribution in [2.75, 3.05) is 0 Å². The van der Waals surface area contributed by atoms with Crippen molar-refractivity contribution in [3.05, 3.63) is 70.8 Å². The maximum atomic E-state index is 14.3. The van der Waals surface area contributed by atoms with Crippen molar-refractivity contribution in [1.29, 1.82) is 0 Å². The third-order valence-corrected chi connectivity index (χ3v) is 31.1. The molecule has 0 radical (unpaired) electrons. The second kappa shape index (κ2) is 22.7. The lowest BCUT2D eigenvalue weighted by atomic mass is 9.66. The minimum Gasteiger partial charge on any atom is -0.543 e. The number of esters is 1. The monoisotopic (exact) mass is 1010 g/mol. The Morgan fingerprint density at radius 2 is 1.25 bits per heavy atom. The average molecular weight is 1010 g/mol. The van der Waals surface area contributed by atoms with Gasteiger partial charge in [-0.15, -0.1) is 6.58 Å². The lowest BCUT2D eigenvalue weighted by Gasteiger charge is -2.50. The molecule has 1 saturated heterocycles. The Kier molecular flexibility index (Phi) is 20.0. The van der Waals surface area contributed by atoms with Crippen molar-refractivity contribution < 1.29 is 32.3 Å². The topological polar surface area (TPSA) is 80.3 Å². The molecule has 10 heteroatoms. The van der Waals surface area contributed by atoms with E-state index < -0.39 is 37.0 Å². The molecule has 2 aromatic rings. The number of Topliss-reactive ketones (excluding diaryl/α,β-unsaturated/α-hetero) is 1. The van der Waals surface area contributed by atoms with E-state index in [0.29, 0.717) is 17.9 Å². The number of benzene rings is 2. The van der Waals surface area contributed by atoms with Crippen molar-refractivity contribution in [1.82, 2.24) is 0 Å². The highest BCUT2D eigenvalue weighted by Crippen LogP contribution is 2.49. The number of hydrogen-bond donors (Lipinski definition) is 0. The summed E-state index contributed by atoms with van der Waals surface area (Å²) in [7, 11) is -6.67. The van der Waals surface area contributed by atoms with E-state index in [1.165, 1.54) is 16.7 Å². The summed E-state index contributed by atoms with van der Waals surface area (Å²) in [5, 5.41) is 0.0867. The second-order valence-electron chi connectivity index (χ2n) is 27.1. The minimum absolute atomic E-state index is 0.0219. The van der Waals surface area contributed by atoms with Gasteiger partial charge in [-0.1, -0.05) is 135 Å². The van der Waals surface area contributed by atoms with Gasteiger partial charge in [0.25, 0.3) is 0 Å². The number of ether oxygens (including phenoxy) is 2. The number of ketones is 1. The number of carbonyl (C=O) groups excluding carboxylic acids is 2. The summed E-state index contributed by atoms with van der Waals surface area (Å²) < 4.78 is 35.3. The van der Waals surface area contributed by atoms with E-state index in [0.717, 1.165) is 36.3 Å². The molecule has 0 bridgehead atoms. The van der Waals surface area contributed by atoms with Gasteiger partial charge < -0.3 is 22.8 Å². The predicted molar refractivity (Wildman–Crippen MR) is 300 cm³/mol. The van der Waals surface area contributed by atoms with Crippen LogP contribution >= 0.6 is 0 Å². The van der Waals surface area contributed by atoms with Crippen LogP contribution in [-0.2, 0) is 25.1 Å². The molecular formula is C59H102O7Si3. The summed E-state index contributed by atoms with van der Waals surface area (Å²) in [6.45, 7) is 61.5. The Bertz CT molecular complexity index is 2000. The van der Waals surface area contributed by atoms with E-state index in [2.05, 4.69) is 170 Å². The van der Waals surface area contributed by atoms with Gasteiger partial charge in [0.1, 0.15) is 11.5 Å². The molecule has 1 unspecified atom stereocenters. The molecule has 69 heavy (non-hydrogen) atoms. The maximum Gasteiger partial charge on any atom is 0.338 e. The summed E-state index contributed by atoms with van der Waals surface area (Å²) in [5.41, 5.74) is 4.95. The molecule has 3 rings (SSSR count). The Morgan fingerprint density at radius 3 is 1.70 bits per heavy atom. The Labute approximate surface area is 426 Å². The molecule has 7 nitrogen and oxygen atoms in total. The van der Waals surface area contributed by atoms with E-state index in [1.807, 2.05) is 32.0 Å². The number of carbonyl (C=O) groups is 2. The van der Waals surface area contributed by atoms with Crippen molar-refractivity contribution in [2.24, 2.45) is 35.0 Å². The van der Waals surface area contributed by atoms with E-state index in [1.54, 1.807) is 12.1 Å². The Morgan fingerprint density at radius 1 is 0.768 bits per heavy atom. The summed E-state index contributed by atoms with van der Waals surface area (Å²) >= 11 is 0. The molecule has 1 aliphatic heterocycles. The largest absolute Gasteiger partial charge is 0.543 e. The summed E-state index contributed by atoms with van der Waals surface area (Å²) in [6.07, 6.45) is 2.27. The molecule has 0 spiro atoms. The predicted octanol–water partition coefficient (Wildman–Crippen LogP) is 16.9. The van der Waals surface area contributed by atoms with Crippen LogP contribution in [0.25, 0.3) is 0 Å². The molecular weight excluding hydrogens is 905 g/mol. The molecule has 9 atom stereocenters. The van der Waals surface area contributed by atoms with Gasteiger partial charge in [-0.2, -0.15) is 0 Å². The third-order valence-electron chi connectivity index (χ3n) is 17.9. The van der Waals surface area contributed by atoms with E-state index in [4.69, 9.17) is 22.8 Å². The first-order valence-electron chi connectivity index (χ1n) is 26.4. The highest BCUT2D eigenvalue weighted by Gasteiger charge is 2.48. The van der Waals surface area contributed by atoms with Gasteiger partial charge in [-0.05, 0) is 159 Å². The molecule has 0 N–H and O–H groups in total. The smallest absolute Gasteiger partial charge is 0.338 e. The van der Waals surface area contributed by atoms with E-state index in [-0.39, 0.29) is 74.7 Å². The normalized spacial score (nSPS) is 21.1. The first-order chi connectivity index (χ1) is 31.1. The lowest BCUT2D eigenvalue weighted by molar-refractivity contribution is -0.170. The van der Waals surface area contributed by atoms with Gasteiger partial charge >= 0.3 is 5.97 Å². The first kappa shape index (κ1) is 60.8. The van der Waals surface area contributed by atoms with Crippen molar-refractivity contribution in [2.45, 2.75) is 242 Å². The SMILES string of the molecule is C=C(C)C[C@H](C)[C@H](OC(=O)c1ccccc1)C(=O)CC(C)[C@@H]1C[C@@H](C)C(C)(C)[C@@H](C[C@H](C)[C@@H](C)[C@@H](Cc2c(C)c(O[Si](C)(C)C(C)(C)C)cc(O[Si](C)(C)C(C)(C)C)c2C)O[Si](C)(C)C(C)(C)C)O1. The highest BCUT2D eigenvalue weighted by molar-refractivity contribution is 6.75. The number of allylic oxidation sites excluding steroid dienone is 1. The molecule has 392 valence electrons. The number of hydrogen-bond acceptors (Lipinski definition) is 7. The fourth-order valence-corrected chi connectivity index (χ4v) is 12.5. The van der Waals surface area contributed by atoms with E-state index in [9.17, 15) is 9.59 Å². The zero-order valence-corrected chi connectivity index (χ0v) is 51.8. The van der Waals surface area contributed by atoms with Crippen LogP contribution in [0.3, 0.4) is 0 Å². The standard InChI is InChI=1S/C59H102O7Si3/c1-38(2)32-41(5)54(63-55(61)46-30-28-27-29-31-46)48(60)33-40(4)49-35-42(6)59(19,20)53(62-49)34-39(3)43(7)50(64-67(21,22)56(10,11)12)36-47-44(8)51(65-68(23,24)57(13,14)15)37-52(45(47)9)66-69(25,26)58(16,17)18/h27-31,37,39-43,49-50,53-54H,1,32-36H2,2-26H3/t39-,40?,41-,42+,43+,49-,50+,53+,54-/m0/s1. The van der Waals surface area contributed by atoms with Crippen LogP contribution in [0, 0.1) is 48.9 Å². The van der Waals surface area contributed by atoms with Crippen LogP contribution in [0.2, 0.25) is 54.4 Å². The highest BCUT2D eigenvalue weighted by atomic mass is 28.4. The minimum atomic E-state index is -2.26. The van der Waals surface area contributed by atoms with Crippen molar-refractivity contribution >= 4 is 36.7 Å². The van der Waals surface area contributed by atoms with Gasteiger partial charge in [0.2, 0.25) is 16.6 Å². The van der Waals surface area contributed by atoms with Gasteiger partial charge in [0.05, 0.1) is 23.9 Å². The van der Waals surface area contributed by atoms with E-state index >= 15 is 0 Å². The molecule has 0 amide bonds. The fraction of sp³-hybridized carbons (Fsp3) is 0.729. The van der Waals surface area contributed by atoms with Crippen LogP contribution in [0.15, 0.2) is 48.6 Å². The molecule has 0 saturated carbocycles. The Balaban J connectivity index is 2.04. The van der Waals surface area contributed by atoms with Crippen LogP contribution in [0.4, 0.5) is 0 Å². The Hall–Kier alpha value is -2.51. The van der Waals surface area contributed by atoms with Gasteiger partial charge in [0.15, 0.2) is 20.2 Å². The molecule has 0 aromatic heterocycles. The summed E-state index contributed by atoms with van der Waals surface area (Å²) in [4.78, 5) is 27.6. The van der Waals surface area contributed by atoms with Gasteiger partial charge in [-0.3, -0.25) is 4.79 Å². The van der Waals surface area contributed by atoms with Gasteiger partial charge in [0, 0.05) is 18.4 Å². The van der Waals surface area contributed by atoms with Crippen LogP contribution in [0.5, 0.6) is 11.5 Å². The molecule has 1 fully saturated rings. The fourth-order valence-electron chi connectivity index (χ4n) is 8.91. The second-order valence-corrected chi connectivity index (χ2v) is 41.3. The van der Waals surface area contributed by atoms with Crippen LogP contribution < -0.4 is 8.85 Å².